The smallest absolute Gasteiger partial charge is 0.124 e. The topological polar surface area (TPSA) is 30.5 Å². The first kappa shape index (κ1) is 18.6. The van der Waals surface area contributed by atoms with Crippen molar-refractivity contribution in [2.45, 2.75) is 13.2 Å². The third-order valence-corrected chi connectivity index (χ3v) is 4.61. The molecule has 0 heterocycles. The summed E-state index contributed by atoms with van der Waals surface area (Å²) in [6.45, 7) is 1.12. The molecule has 0 saturated carbocycles. The predicted octanol–water partition coefficient (Wildman–Crippen LogP) is 6.30. The second-order valence-corrected chi connectivity index (χ2v) is 7.10. The number of hydrogen-bond donors (Lipinski definition) is 1. The van der Waals surface area contributed by atoms with E-state index in [1.807, 2.05) is 60.7 Å². The molecular formula is C21H19BrClNO2. The van der Waals surface area contributed by atoms with E-state index in [0.717, 1.165) is 32.8 Å². The molecule has 0 aliphatic carbocycles. The van der Waals surface area contributed by atoms with Crippen LogP contribution in [0.5, 0.6) is 11.5 Å². The summed E-state index contributed by atoms with van der Waals surface area (Å²) in [5.74, 6) is 1.68. The van der Waals surface area contributed by atoms with Crippen LogP contribution in [0.1, 0.15) is 11.1 Å². The Kier molecular flexibility index (Phi) is 6.42. The lowest BCUT2D eigenvalue weighted by molar-refractivity contribution is 0.303. The zero-order valence-corrected chi connectivity index (χ0v) is 16.7. The number of halogens is 2. The van der Waals surface area contributed by atoms with E-state index in [1.54, 1.807) is 7.11 Å². The molecule has 5 heteroatoms. The van der Waals surface area contributed by atoms with Gasteiger partial charge in [0.1, 0.15) is 18.1 Å². The summed E-state index contributed by atoms with van der Waals surface area (Å²) in [4.78, 5) is 0. The van der Waals surface area contributed by atoms with E-state index in [1.165, 1.54) is 0 Å². The van der Waals surface area contributed by atoms with Crippen LogP contribution in [-0.4, -0.2) is 7.11 Å². The monoisotopic (exact) mass is 431 g/mol. The quantitative estimate of drug-likeness (QED) is 0.475. The molecule has 0 spiro atoms. The number of benzene rings is 3. The lowest BCUT2D eigenvalue weighted by atomic mass is 10.2. The number of rotatable bonds is 7. The molecular weight excluding hydrogens is 414 g/mol. The molecule has 3 nitrogen and oxygen atoms in total. The molecule has 134 valence electrons. The summed E-state index contributed by atoms with van der Waals surface area (Å²) >= 11 is 9.57. The van der Waals surface area contributed by atoms with Crippen molar-refractivity contribution in [2.75, 3.05) is 12.4 Å². The lowest BCUT2D eigenvalue weighted by Gasteiger charge is -2.14. The molecule has 1 N–H and O–H groups in total. The maximum Gasteiger partial charge on any atom is 0.124 e. The highest BCUT2D eigenvalue weighted by Crippen LogP contribution is 2.26. The van der Waals surface area contributed by atoms with Gasteiger partial charge in [-0.25, -0.2) is 0 Å². The van der Waals surface area contributed by atoms with E-state index in [9.17, 15) is 0 Å². The van der Waals surface area contributed by atoms with Gasteiger partial charge in [-0.15, -0.1) is 0 Å². The van der Waals surface area contributed by atoms with E-state index >= 15 is 0 Å². The van der Waals surface area contributed by atoms with Crippen molar-refractivity contribution >= 4 is 33.2 Å². The first-order chi connectivity index (χ1) is 12.6. The zero-order chi connectivity index (χ0) is 18.4. The number of methoxy groups -OCH3 is 1. The van der Waals surface area contributed by atoms with Gasteiger partial charge < -0.3 is 14.8 Å². The Morgan fingerprint density at radius 2 is 1.81 bits per heavy atom. The van der Waals surface area contributed by atoms with Gasteiger partial charge in [0, 0.05) is 27.3 Å². The van der Waals surface area contributed by atoms with Crippen molar-refractivity contribution in [1.29, 1.82) is 0 Å². The van der Waals surface area contributed by atoms with Crippen molar-refractivity contribution in [3.05, 3.63) is 87.4 Å². The van der Waals surface area contributed by atoms with Crippen LogP contribution in [0, 0.1) is 0 Å². The molecule has 0 unspecified atom stereocenters. The maximum absolute atomic E-state index is 6.04. The molecule has 3 aromatic rings. The molecule has 0 aliphatic heterocycles. The highest BCUT2D eigenvalue weighted by molar-refractivity contribution is 9.10. The Labute approximate surface area is 167 Å². The molecule has 0 radical (unpaired) electrons. The molecule has 26 heavy (non-hydrogen) atoms. The fourth-order valence-electron chi connectivity index (χ4n) is 2.52. The second-order valence-electron chi connectivity index (χ2n) is 5.75. The molecule has 0 aliphatic rings. The summed E-state index contributed by atoms with van der Waals surface area (Å²) in [6, 6.07) is 21.5. The minimum atomic E-state index is 0.470. The van der Waals surface area contributed by atoms with Crippen LogP contribution in [0.3, 0.4) is 0 Å². The van der Waals surface area contributed by atoms with Crippen molar-refractivity contribution in [2.24, 2.45) is 0 Å². The molecule has 0 amide bonds. The van der Waals surface area contributed by atoms with Crippen LogP contribution < -0.4 is 14.8 Å². The average Bonchev–Trinajstić information content (AvgIpc) is 2.66. The zero-order valence-electron chi connectivity index (χ0n) is 14.3. The Morgan fingerprint density at radius 1 is 1.00 bits per heavy atom. The van der Waals surface area contributed by atoms with Crippen molar-refractivity contribution in [3.8, 4) is 11.5 Å². The van der Waals surface area contributed by atoms with E-state index in [-0.39, 0.29) is 0 Å². The van der Waals surface area contributed by atoms with Crippen molar-refractivity contribution in [1.82, 2.24) is 0 Å². The number of nitrogens with one attached hydrogen (secondary N) is 1. The van der Waals surface area contributed by atoms with Gasteiger partial charge in [0.05, 0.1) is 7.11 Å². The molecule has 0 saturated heterocycles. The first-order valence-corrected chi connectivity index (χ1v) is 9.35. The fourth-order valence-corrected chi connectivity index (χ4v) is 3.14. The summed E-state index contributed by atoms with van der Waals surface area (Å²) in [7, 11) is 1.66. The van der Waals surface area contributed by atoms with E-state index in [0.29, 0.717) is 18.2 Å². The second kappa shape index (κ2) is 8.97. The Hall–Kier alpha value is -2.17. The van der Waals surface area contributed by atoms with Gasteiger partial charge in [0.2, 0.25) is 0 Å². The summed E-state index contributed by atoms with van der Waals surface area (Å²) in [6.07, 6.45) is 0. The minimum absolute atomic E-state index is 0.470. The minimum Gasteiger partial charge on any atom is -0.497 e. The van der Waals surface area contributed by atoms with Gasteiger partial charge in [-0.3, -0.25) is 0 Å². The Balaban J connectivity index is 1.68. The lowest BCUT2D eigenvalue weighted by Crippen LogP contribution is -2.04. The summed E-state index contributed by atoms with van der Waals surface area (Å²) < 4.78 is 12.2. The predicted molar refractivity (Wildman–Crippen MR) is 110 cm³/mol. The van der Waals surface area contributed by atoms with Gasteiger partial charge in [0.15, 0.2) is 0 Å². The highest BCUT2D eigenvalue weighted by atomic mass is 79.9. The van der Waals surface area contributed by atoms with Gasteiger partial charge in [-0.1, -0.05) is 39.7 Å². The highest BCUT2D eigenvalue weighted by Gasteiger charge is 2.06. The number of ether oxygens (including phenoxy) is 2. The molecule has 0 fully saturated rings. The van der Waals surface area contributed by atoms with Gasteiger partial charge in [0.25, 0.3) is 0 Å². The molecule has 0 aromatic heterocycles. The molecule has 0 bridgehead atoms. The summed E-state index contributed by atoms with van der Waals surface area (Å²) in [5, 5.41) is 4.12. The Morgan fingerprint density at radius 3 is 2.54 bits per heavy atom. The third kappa shape index (κ3) is 5.16. The molecule has 0 atom stereocenters. The van der Waals surface area contributed by atoms with Crippen molar-refractivity contribution < 1.29 is 9.47 Å². The molecule has 3 rings (SSSR count). The molecule has 3 aromatic carbocycles. The summed E-state index contributed by atoms with van der Waals surface area (Å²) in [5.41, 5.74) is 3.12. The van der Waals surface area contributed by atoms with Crippen LogP contribution in [0.2, 0.25) is 5.02 Å². The van der Waals surface area contributed by atoms with Crippen LogP contribution in [0.4, 0.5) is 5.69 Å². The third-order valence-electron chi connectivity index (χ3n) is 3.88. The SMILES string of the molecule is COc1ccc(NCc2cc(Br)ccc2OCc2cccc(Cl)c2)cc1. The maximum atomic E-state index is 6.04. The normalized spacial score (nSPS) is 10.4. The van der Waals surface area contributed by atoms with Gasteiger partial charge in [-0.05, 0) is 60.2 Å². The number of anilines is 1. The van der Waals surface area contributed by atoms with Gasteiger partial charge in [-0.2, -0.15) is 0 Å². The fraction of sp³-hybridized carbons (Fsp3) is 0.143. The van der Waals surface area contributed by atoms with Crippen LogP contribution in [-0.2, 0) is 13.2 Å². The van der Waals surface area contributed by atoms with Crippen LogP contribution in [0.15, 0.2) is 71.2 Å². The van der Waals surface area contributed by atoms with Crippen LogP contribution >= 0.6 is 27.5 Å². The van der Waals surface area contributed by atoms with E-state index < -0.39 is 0 Å². The first-order valence-electron chi connectivity index (χ1n) is 8.17. The van der Waals surface area contributed by atoms with E-state index in [4.69, 9.17) is 21.1 Å². The largest absolute Gasteiger partial charge is 0.497 e. The van der Waals surface area contributed by atoms with E-state index in [2.05, 4.69) is 27.3 Å². The van der Waals surface area contributed by atoms with Crippen molar-refractivity contribution in [3.63, 3.8) is 0 Å². The average molecular weight is 433 g/mol. The Bertz CT molecular complexity index is 868. The standard InChI is InChI=1S/C21H19BrClNO2/c1-25-20-8-6-19(7-9-20)24-13-16-12-17(22)5-10-21(16)26-14-15-3-2-4-18(23)11-15/h2-12,24H,13-14H2,1H3. The van der Waals surface area contributed by atoms with Crippen LogP contribution in [0.25, 0.3) is 0 Å². The van der Waals surface area contributed by atoms with Gasteiger partial charge >= 0.3 is 0 Å². The number of hydrogen-bond acceptors (Lipinski definition) is 3.